The van der Waals surface area contributed by atoms with Crippen LogP contribution in [-0.4, -0.2) is 26.9 Å². The molecule has 1 atom stereocenters. The number of halogens is 1. The van der Waals surface area contributed by atoms with E-state index < -0.39 is 0 Å². The molecule has 0 aromatic heterocycles. The molecule has 0 amide bonds. The molecule has 3 nitrogen and oxygen atoms in total. The minimum absolute atomic E-state index is 0.511. The minimum atomic E-state index is 0.511. The Hall–Kier alpha value is -0.580. The molecule has 1 unspecified atom stereocenters. The number of hydrogen-bond acceptors (Lipinski definition) is 3. The Bertz CT molecular complexity index is 371. The van der Waals surface area contributed by atoms with Gasteiger partial charge < -0.3 is 14.8 Å². The Labute approximate surface area is 124 Å². The summed E-state index contributed by atoms with van der Waals surface area (Å²) in [4.78, 5) is 0. The van der Waals surface area contributed by atoms with Gasteiger partial charge in [0.25, 0.3) is 0 Å². The second-order valence-electron chi connectivity index (χ2n) is 4.79. The van der Waals surface area contributed by atoms with E-state index in [0.29, 0.717) is 5.92 Å². The number of hydrogen-bond donors (Lipinski definition) is 1. The summed E-state index contributed by atoms with van der Waals surface area (Å²) in [6.07, 6.45) is 1.02. The maximum Gasteiger partial charge on any atom is 0.123 e. The molecule has 108 valence electrons. The van der Waals surface area contributed by atoms with Crippen LogP contribution in [0.3, 0.4) is 0 Å². The highest BCUT2D eigenvalue weighted by atomic mass is 79.9. The zero-order valence-electron chi connectivity index (χ0n) is 12.0. The molecule has 1 rings (SSSR count). The number of rotatable bonds is 9. The Morgan fingerprint density at radius 3 is 2.84 bits per heavy atom. The molecule has 1 N–H and O–H groups in total. The van der Waals surface area contributed by atoms with Gasteiger partial charge in [-0.15, -0.1) is 0 Å². The van der Waals surface area contributed by atoms with Gasteiger partial charge in [0.15, 0.2) is 0 Å². The van der Waals surface area contributed by atoms with E-state index in [-0.39, 0.29) is 0 Å². The van der Waals surface area contributed by atoms with Crippen molar-refractivity contribution in [2.75, 3.05) is 26.9 Å². The summed E-state index contributed by atoms with van der Waals surface area (Å²) in [6, 6.07) is 6.15. The largest absolute Gasteiger partial charge is 0.493 e. The highest BCUT2D eigenvalue weighted by Crippen LogP contribution is 2.23. The third-order valence-electron chi connectivity index (χ3n) is 2.74. The highest BCUT2D eigenvalue weighted by molar-refractivity contribution is 9.10. The van der Waals surface area contributed by atoms with Crippen LogP contribution in [0.15, 0.2) is 22.7 Å². The van der Waals surface area contributed by atoms with Crippen molar-refractivity contribution in [1.82, 2.24) is 5.32 Å². The van der Waals surface area contributed by atoms with Crippen LogP contribution in [0.25, 0.3) is 0 Å². The molecule has 4 heteroatoms. The van der Waals surface area contributed by atoms with Gasteiger partial charge in [0.1, 0.15) is 5.75 Å². The standard InChI is InChI=1S/C15H24BrNO2/c1-4-7-19-15-6-5-14(16)8-13(15)10-17-9-12(2)11-18-3/h5-6,8,12,17H,4,7,9-11H2,1-3H3. The van der Waals surface area contributed by atoms with E-state index in [9.17, 15) is 0 Å². The minimum Gasteiger partial charge on any atom is -0.493 e. The van der Waals surface area contributed by atoms with E-state index in [4.69, 9.17) is 9.47 Å². The lowest BCUT2D eigenvalue weighted by atomic mass is 10.1. The predicted octanol–water partition coefficient (Wildman–Crippen LogP) is 3.61. The molecule has 0 aliphatic heterocycles. The first kappa shape index (κ1) is 16.5. The van der Waals surface area contributed by atoms with Crippen molar-refractivity contribution in [1.29, 1.82) is 0 Å². The maximum atomic E-state index is 5.76. The van der Waals surface area contributed by atoms with Gasteiger partial charge in [-0.05, 0) is 30.5 Å². The van der Waals surface area contributed by atoms with Crippen LogP contribution in [0.4, 0.5) is 0 Å². The quantitative estimate of drug-likeness (QED) is 0.750. The van der Waals surface area contributed by atoms with E-state index >= 15 is 0 Å². The summed E-state index contributed by atoms with van der Waals surface area (Å²) >= 11 is 3.51. The molecule has 19 heavy (non-hydrogen) atoms. The molecule has 0 radical (unpaired) electrons. The third-order valence-corrected chi connectivity index (χ3v) is 3.24. The van der Waals surface area contributed by atoms with Crippen molar-refractivity contribution >= 4 is 15.9 Å². The predicted molar refractivity (Wildman–Crippen MR) is 82.7 cm³/mol. The van der Waals surface area contributed by atoms with Gasteiger partial charge in [-0.2, -0.15) is 0 Å². The summed E-state index contributed by atoms with van der Waals surface area (Å²) in [5.41, 5.74) is 1.19. The topological polar surface area (TPSA) is 30.5 Å². The fourth-order valence-electron chi connectivity index (χ4n) is 1.84. The molecule has 1 aromatic rings. The van der Waals surface area contributed by atoms with Gasteiger partial charge in [0, 0.05) is 36.8 Å². The molecule has 1 aromatic carbocycles. The van der Waals surface area contributed by atoms with E-state index in [1.165, 1.54) is 5.56 Å². The van der Waals surface area contributed by atoms with Crippen LogP contribution < -0.4 is 10.1 Å². The van der Waals surface area contributed by atoms with Gasteiger partial charge >= 0.3 is 0 Å². The number of nitrogens with one attached hydrogen (secondary N) is 1. The Morgan fingerprint density at radius 1 is 1.37 bits per heavy atom. The maximum absolute atomic E-state index is 5.76. The molecule has 0 aliphatic rings. The first-order valence-electron chi connectivity index (χ1n) is 6.78. The molecule has 0 spiro atoms. The van der Waals surface area contributed by atoms with Crippen molar-refractivity contribution < 1.29 is 9.47 Å². The smallest absolute Gasteiger partial charge is 0.123 e. The molecule has 0 aliphatic carbocycles. The van der Waals surface area contributed by atoms with Crippen molar-refractivity contribution in [2.45, 2.75) is 26.8 Å². The number of methoxy groups -OCH3 is 1. The fourth-order valence-corrected chi connectivity index (χ4v) is 2.24. The van der Waals surface area contributed by atoms with Crippen LogP contribution in [0.1, 0.15) is 25.8 Å². The summed E-state index contributed by atoms with van der Waals surface area (Å²) in [6.45, 7) is 7.58. The van der Waals surface area contributed by atoms with Crippen LogP contribution >= 0.6 is 15.9 Å². The van der Waals surface area contributed by atoms with Gasteiger partial charge in [-0.3, -0.25) is 0 Å². The molecule has 0 saturated heterocycles. The molecule has 0 fully saturated rings. The average molecular weight is 330 g/mol. The lowest BCUT2D eigenvalue weighted by Crippen LogP contribution is -2.23. The van der Waals surface area contributed by atoms with E-state index in [2.05, 4.69) is 41.2 Å². The normalized spacial score (nSPS) is 12.4. The van der Waals surface area contributed by atoms with Crippen LogP contribution in [0, 0.1) is 5.92 Å². The number of benzene rings is 1. The van der Waals surface area contributed by atoms with Gasteiger partial charge in [0.05, 0.1) is 6.61 Å². The van der Waals surface area contributed by atoms with E-state index in [0.717, 1.165) is 42.9 Å². The van der Waals surface area contributed by atoms with Crippen LogP contribution in [-0.2, 0) is 11.3 Å². The van der Waals surface area contributed by atoms with E-state index in [1.54, 1.807) is 7.11 Å². The van der Waals surface area contributed by atoms with Crippen molar-refractivity contribution in [3.05, 3.63) is 28.2 Å². The lowest BCUT2D eigenvalue weighted by Gasteiger charge is -2.14. The Kier molecular flexibility index (Phi) is 8.10. The third kappa shape index (κ3) is 6.41. The monoisotopic (exact) mass is 329 g/mol. The fraction of sp³-hybridized carbons (Fsp3) is 0.600. The molecular formula is C15H24BrNO2. The highest BCUT2D eigenvalue weighted by Gasteiger charge is 2.06. The first-order valence-corrected chi connectivity index (χ1v) is 7.57. The molecule has 0 saturated carbocycles. The van der Waals surface area contributed by atoms with Crippen LogP contribution in [0.2, 0.25) is 0 Å². The summed E-state index contributed by atoms with van der Waals surface area (Å²) in [7, 11) is 1.74. The second kappa shape index (κ2) is 9.34. The number of ether oxygens (including phenoxy) is 2. The molecular weight excluding hydrogens is 306 g/mol. The van der Waals surface area contributed by atoms with Crippen molar-refractivity contribution in [3.8, 4) is 5.75 Å². The molecule has 0 bridgehead atoms. The lowest BCUT2D eigenvalue weighted by molar-refractivity contribution is 0.158. The first-order chi connectivity index (χ1) is 9.17. The van der Waals surface area contributed by atoms with Gasteiger partial charge in [0.2, 0.25) is 0 Å². The summed E-state index contributed by atoms with van der Waals surface area (Å²) in [5, 5.41) is 3.45. The van der Waals surface area contributed by atoms with E-state index in [1.807, 2.05) is 12.1 Å². The Morgan fingerprint density at radius 2 is 2.16 bits per heavy atom. The Balaban J connectivity index is 2.52. The van der Waals surface area contributed by atoms with Gasteiger partial charge in [-0.1, -0.05) is 29.8 Å². The second-order valence-corrected chi connectivity index (χ2v) is 5.71. The average Bonchev–Trinajstić information content (AvgIpc) is 2.38. The molecule has 0 heterocycles. The van der Waals surface area contributed by atoms with Crippen LogP contribution in [0.5, 0.6) is 5.75 Å². The summed E-state index contributed by atoms with van der Waals surface area (Å²) in [5.74, 6) is 1.48. The zero-order chi connectivity index (χ0) is 14.1. The SMILES string of the molecule is CCCOc1ccc(Br)cc1CNCC(C)COC. The van der Waals surface area contributed by atoms with Crippen molar-refractivity contribution in [2.24, 2.45) is 5.92 Å². The zero-order valence-corrected chi connectivity index (χ0v) is 13.6. The summed E-state index contributed by atoms with van der Waals surface area (Å²) < 4.78 is 12.0. The van der Waals surface area contributed by atoms with Gasteiger partial charge in [-0.25, -0.2) is 0 Å². The van der Waals surface area contributed by atoms with Crippen molar-refractivity contribution in [3.63, 3.8) is 0 Å².